The number of hydrogen-bond donors (Lipinski definition) is 2. The molecule has 0 bridgehead atoms. The molecule has 148 valence electrons. The van der Waals surface area contributed by atoms with Crippen molar-refractivity contribution in [3.05, 3.63) is 41.1 Å². The van der Waals surface area contributed by atoms with E-state index in [2.05, 4.69) is 17.6 Å². The van der Waals surface area contributed by atoms with Crippen LogP contribution in [0.25, 0.3) is 0 Å². The molecular weight excluding hydrogens is 344 g/mol. The second-order valence-corrected chi connectivity index (χ2v) is 6.59. The molecule has 1 aliphatic heterocycles. The fourth-order valence-electron chi connectivity index (χ4n) is 3.15. The topological polar surface area (TPSA) is 76.7 Å². The molecule has 1 aliphatic rings. The van der Waals surface area contributed by atoms with Crippen LogP contribution in [0.1, 0.15) is 64.5 Å². The van der Waals surface area contributed by atoms with Crippen molar-refractivity contribution in [2.75, 3.05) is 13.2 Å². The summed E-state index contributed by atoms with van der Waals surface area (Å²) < 4.78 is 11.2. The Morgan fingerprint density at radius 1 is 1.11 bits per heavy atom. The predicted molar refractivity (Wildman–Crippen MR) is 104 cm³/mol. The van der Waals surface area contributed by atoms with Gasteiger partial charge in [-0.1, -0.05) is 50.8 Å². The maximum atomic E-state index is 12.7. The maximum absolute atomic E-state index is 12.7. The molecule has 0 aromatic heterocycles. The first-order valence-electron chi connectivity index (χ1n) is 9.75. The number of ether oxygens (including phenoxy) is 2. The second-order valence-electron chi connectivity index (χ2n) is 6.59. The van der Waals surface area contributed by atoms with E-state index in [9.17, 15) is 9.59 Å². The third-order valence-electron chi connectivity index (χ3n) is 4.50. The van der Waals surface area contributed by atoms with Gasteiger partial charge in [-0.2, -0.15) is 0 Å². The smallest absolute Gasteiger partial charge is 0.338 e. The lowest BCUT2D eigenvalue weighted by molar-refractivity contribution is -0.139. The monoisotopic (exact) mass is 374 g/mol. The van der Waals surface area contributed by atoms with Crippen LogP contribution in [0.15, 0.2) is 35.5 Å². The average molecular weight is 374 g/mol. The highest BCUT2D eigenvalue weighted by molar-refractivity contribution is 5.95. The molecule has 1 atom stereocenters. The lowest BCUT2D eigenvalue weighted by Crippen LogP contribution is -2.45. The lowest BCUT2D eigenvalue weighted by Gasteiger charge is -2.29. The highest BCUT2D eigenvalue weighted by Crippen LogP contribution is 2.33. The minimum atomic E-state index is -0.603. The Hall–Kier alpha value is -2.50. The molecule has 0 unspecified atom stereocenters. The molecular formula is C21H30N2O4. The Kier molecular flexibility index (Phi) is 8.17. The van der Waals surface area contributed by atoms with E-state index in [1.165, 1.54) is 12.8 Å². The lowest BCUT2D eigenvalue weighted by atomic mass is 9.95. The van der Waals surface area contributed by atoms with E-state index in [4.69, 9.17) is 9.47 Å². The Bertz CT molecular complexity index is 685. The van der Waals surface area contributed by atoms with E-state index >= 15 is 0 Å². The van der Waals surface area contributed by atoms with Crippen LogP contribution < -0.4 is 15.4 Å². The van der Waals surface area contributed by atoms with Crippen molar-refractivity contribution in [3.63, 3.8) is 0 Å². The van der Waals surface area contributed by atoms with Crippen molar-refractivity contribution >= 4 is 12.0 Å². The molecule has 6 nitrogen and oxygen atoms in total. The summed E-state index contributed by atoms with van der Waals surface area (Å²) in [6, 6.07) is 6.46. The molecule has 1 heterocycles. The molecule has 0 fully saturated rings. The van der Waals surface area contributed by atoms with Crippen LogP contribution in [0.4, 0.5) is 4.79 Å². The van der Waals surface area contributed by atoms with Crippen molar-refractivity contribution in [1.82, 2.24) is 10.6 Å². The van der Waals surface area contributed by atoms with Crippen molar-refractivity contribution in [1.29, 1.82) is 0 Å². The summed E-state index contributed by atoms with van der Waals surface area (Å²) in [4.78, 5) is 24.8. The van der Waals surface area contributed by atoms with Crippen molar-refractivity contribution in [2.24, 2.45) is 0 Å². The van der Waals surface area contributed by atoms with Gasteiger partial charge in [-0.3, -0.25) is 0 Å². The van der Waals surface area contributed by atoms with Gasteiger partial charge in [0.25, 0.3) is 0 Å². The summed E-state index contributed by atoms with van der Waals surface area (Å²) in [5.74, 6) is 0.233. The standard InChI is InChI=1S/C21H30N2O4/c1-4-6-7-8-11-14-27-20(24)18-15(3)22-21(25)23-19(18)16-12-9-10-13-17(16)26-5-2/h9-10,12-13,19H,4-8,11,14H2,1-3H3,(H2,22,23,25)/t19-/m1/s1. The summed E-state index contributed by atoms with van der Waals surface area (Å²) in [6.45, 7) is 6.66. The molecule has 0 radical (unpaired) electrons. The fraction of sp³-hybridized carbons (Fsp3) is 0.524. The van der Waals surface area contributed by atoms with Gasteiger partial charge >= 0.3 is 12.0 Å². The molecule has 1 aromatic rings. The minimum Gasteiger partial charge on any atom is -0.494 e. The summed E-state index contributed by atoms with van der Waals surface area (Å²) >= 11 is 0. The number of rotatable bonds is 10. The summed E-state index contributed by atoms with van der Waals surface area (Å²) in [5, 5.41) is 5.49. The zero-order valence-electron chi connectivity index (χ0n) is 16.5. The van der Waals surface area contributed by atoms with Crippen LogP contribution in [0.5, 0.6) is 5.75 Å². The first-order chi connectivity index (χ1) is 13.1. The molecule has 0 saturated carbocycles. The quantitative estimate of drug-likeness (QED) is 0.475. The van der Waals surface area contributed by atoms with E-state index < -0.39 is 12.0 Å². The Morgan fingerprint density at radius 2 is 1.85 bits per heavy atom. The Morgan fingerprint density at radius 3 is 2.59 bits per heavy atom. The van der Waals surface area contributed by atoms with E-state index in [0.29, 0.717) is 30.2 Å². The summed E-state index contributed by atoms with van der Waals surface area (Å²) in [6.07, 6.45) is 5.42. The molecule has 0 spiro atoms. The number of urea groups is 1. The normalized spacial score (nSPS) is 16.6. The van der Waals surface area contributed by atoms with Gasteiger partial charge in [0, 0.05) is 11.3 Å². The molecule has 2 amide bonds. The highest BCUT2D eigenvalue weighted by atomic mass is 16.5. The van der Waals surface area contributed by atoms with Crippen LogP contribution in [-0.4, -0.2) is 25.2 Å². The first-order valence-corrected chi connectivity index (χ1v) is 9.75. The average Bonchev–Trinajstić information content (AvgIpc) is 2.64. The van der Waals surface area contributed by atoms with Crippen molar-refractivity contribution in [3.8, 4) is 5.75 Å². The largest absolute Gasteiger partial charge is 0.494 e. The van der Waals surface area contributed by atoms with Crippen LogP contribution in [-0.2, 0) is 9.53 Å². The van der Waals surface area contributed by atoms with Crippen LogP contribution in [0.3, 0.4) is 0 Å². The zero-order chi connectivity index (χ0) is 19.6. The molecule has 27 heavy (non-hydrogen) atoms. The van der Waals surface area contributed by atoms with Gasteiger partial charge in [-0.05, 0) is 26.3 Å². The van der Waals surface area contributed by atoms with E-state index in [0.717, 1.165) is 24.8 Å². The number of allylic oxidation sites excluding steroid dienone is 1. The predicted octanol–water partition coefficient (Wildman–Crippen LogP) is 4.23. The zero-order valence-corrected chi connectivity index (χ0v) is 16.5. The number of para-hydroxylation sites is 1. The SMILES string of the molecule is CCCCCCCOC(=O)C1=C(C)NC(=O)N[C@@H]1c1ccccc1OCC. The molecule has 1 aromatic carbocycles. The first kappa shape index (κ1) is 20.8. The van der Waals surface area contributed by atoms with E-state index in [-0.39, 0.29) is 6.03 Å². The van der Waals surface area contributed by atoms with Crippen LogP contribution in [0, 0.1) is 0 Å². The Balaban J connectivity index is 2.15. The third-order valence-corrected chi connectivity index (χ3v) is 4.50. The number of unbranched alkanes of at least 4 members (excludes halogenated alkanes) is 4. The highest BCUT2D eigenvalue weighted by Gasteiger charge is 2.33. The van der Waals surface area contributed by atoms with Gasteiger partial charge in [0.15, 0.2) is 0 Å². The minimum absolute atomic E-state index is 0.347. The summed E-state index contributed by atoms with van der Waals surface area (Å²) in [5.41, 5.74) is 1.66. The van der Waals surface area contributed by atoms with Crippen molar-refractivity contribution in [2.45, 2.75) is 58.9 Å². The third kappa shape index (κ3) is 5.74. The molecule has 6 heteroatoms. The number of benzene rings is 1. The van der Waals surface area contributed by atoms with E-state index in [1.54, 1.807) is 6.92 Å². The number of hydrogen-bond acceptors (Lipinski definition) is 4. The van der Waals surface area contributed by atoms with Gasteiger partial charge < -0.3 is 20.1 Å². The van der Waals surface area contributed by atoms with Gasteiger partial charge in [-0.15, -0.1) is 0 Å². The summed E-state index contributed by atoms with van der Waals surface area (Å²) in [7, 11) is 0. The maximum Gasteiger partial charge on any atom is 0.338 e. The van der Waals surface area contributed by atoms with Gasteiger partial charge in [0.1, 0.15) is 5.75 Å². The van der Waals surface area contributed by atoms with Gasteiger partial charge in [-0.25, -0.2) is 9.59 Å². The molecule has 2 rings (SSSR count). The Labute approximate surface area is 161 Å². The number of carbonyl (C=O) groups is 2. The van der Waals surface area contributed by atoms with E-state index in [1.807, 2.05) is 31.2 Å². The van der Waals surface area contributed by atoms with Gasteiger partial charge in [0.2, 0.25) is 0 Å². The van der Waals surface area contributed by atoms with Crippen molar-refractivity contribution < 1.29 is 19.1 Å². The number of amides is 2. The number of nitrogens with one attached hydrogen (secondary N) is 2. The molecule has 0 aliphatic carbocycles. The second kappa shape index (κ2) is 10.6. The van der Waals surface area contributed by atoms with Crippen LogP contribution in [0.2, 0.25) is 0 Å². The number of carbonyl (C=O) groups excluding carboxylic acids is 2. The number of esters is 1. The molecule has 2 N–H and O–H groups in total. The fourth-order valence-corrected chi connectivity index (χ4v) is 3.15. The van der Waals surface area contributed by atoms with Crippen LogP contribution >= 0.6 is 0 Å². The molecule has 0 saturated heterocycles. The van der Waals surface area contributed by atoms with Gasteiger partial charge in [0.05, 0.1) is 24.8 Å².